The van der Waals surface area contributed by atoms with Crippen LogP contribution in [0.25, 0.3) is 0 Å². The number of pyridine rings is 1. The molecule has 1 amide bonds. The first-order valence-electron chi connectivity index (χ1n) is 6.84. The van der Waals surface area contributed by atoms with Crippen LogP contribution in [0.15, 0.2) is 41.0 Å². The summed E-state index contributed by atoms with van der Waals surface area (Å²) >= 11 is 3.36. The van der Waals surface area contributed by atoms with Crippen LogP contribution in [-0.4, -0.2) is 10.9 Å². The zero-order chi connectivity index (χ0) is 15.2. The summed E-state index contributed by atoms with van der Waals surface area (Å²) in [6.07, 6.45) is 0.471. The first kappa shape index (κ1) is 15.5. The van der Waals surface area contributed by atoms with E-state index in [4.69, 9.17) is 0 Å². The third-order valence-electron chi connectivity index (χ3n) is 3.08. The van der Waals surface area contributed by atoms with Crippen LogP contribution < -0.4 is 10.6 Å². The molecular weight excluding hydrogens is 330 g/mol. The van der Waals surface area contributed by atoms with Crippen molar-refractivity contribution in [2.75, 3.05) is 10.6 Å². The third-order valence-corrected chi connectivity index (χ3v) is 3.52. The number of hydrogen-bond donors (Lipinski definition) is 2. The van der Waals surface area contributed by atoms with Gasteiger partial charge in [0.05, 0.1) is 12.2 Å². The molecule has 0 fully saturated rings. The van der Waals surface area contributed by atoms with Gasteiger partial charge in [-0.25, -0.2) is 4.98 Å². The fraction of sp³-hybridized carbons (Fsp3) is 0.250. The zero-order valence-electron chi connectivity index (χ0n) is 12.1. The standard InChI is InChI=1S/C16H18BrN3O/c1-3-16(21)20-12-8-7-11(2)14(9-12)18-10-13-5-4-6-15(17)19-13/h4-9,18H,3,10H2,1-2H3,(H,20,21). The highest BCUT2D eigenvalue weighted by atomic mass is 79.9. The van der Waals surface area contributed by atoms with Crippen LogP contribution in [-0.2, 0) is 11.3 Å². The molecule has 2 N–H and O–H groups in total. The average Bonchev–Trinajstić information content (AvgIpc) is 2.47. The number of anilines is 2. The van der Waals surface area contributed by atoms with Gasteiger partial charge in [0.25, 0.3) is 0 Å². The number of nitrogens with zero attached hydrogens (tertiary/aromatic N) is 1. The number of rotatable bonds is 5. The Hall–Kier alpha value is -1.88. The van der Waals surface area contributed by atoms with E-state index in [0.717, 1.165) is 27.2 Å². The van der Waals surface area contributed by atoms with Crippen LogP contribution in [0.2, 0.25) is 0 Å². The average molecular weight is 348 g/mol. The number of benzene rings is 1. The second-order valence-electron chi connectivity index (χ2n) is 4.74. The van der Waals surface area contributed by atoms with E-state index in [2.05, 4.69) is 31.5 Å². The van der Waals surface area contributed by atoms with Crippen molar-refractivity contribution < 1.29 is 4.79 Å². The SMILES string of the molecule is CCC(=O)Nc1ccc(C)c(NCc2cccc(Br)n2)c1. The third kappa shape index (κ3) is 4.56. The molecule has 0 saturated carbocycles. The smallest absolute Gasteiger partial charge is 0.224 e. The van der Waals surface area contributed by atoms with Crippen molar-refractivity contribution in [2.24, 2.45) is 0 Å². The number of aryl methyl sites for hydroxylation is 1. The maximum Gasteiger partial charge on any atom is 0.224 e. The van der Waals surface area contributed by atoms with Crippen LogP contribution in [0.3, 0.4) is 0 Å². The predicted octanol–water partition coefficient (Wildman–Crippen LogP) is 4.11. The Bertz CT molecular complexity index is 643. The van der Waals surface area contributed by atoms with Crippen LogP contribution in [0, 0.1) is 6.92 Å². The zero-order valence-corrected chi connectivity index (χ0v) is 13.7. The molecule has 2 rings (SSSR count). The Morgan fingerprint density at radius 1 is 1.29 bits per heavy atom. The summed E-state index contributed by atoms with van der Waals surface area (Å²) in [5.41, 5.74) is 3.87. The molecule has 4 nitrogen and oxygen atoms in total. The summed E-state index contributed by atoms with van der Waals surface area (Å²) in [5.74, 6) is 0.0125. The van der Waals surface area contributed by atoms with Crippen molar-refractivity contribution in [3.8, 4) is 0 Å². The Morgan fingerprint density at radius 2 is 2.10 bits per heavy atom. The lowest BCUT2D eigenvalue weighted by Crippen LogP contribution is -2.10. The molecule has 0 saturated heterocycles. The molecule has 21 heavy (non-hydrogen) atoms. The van der Waals surface area contributed by atoms with Gasteiger partial charge in [0, 0.05) is 17.8 Å². The minimum atomic E-state index is 0.0125. The summed E-state index contributed by atoms with van der Waals surface area (Å²) in [6.45, 7) is 4.50. The van der Waals surface area contributed by atoms with Crippen molar-refractivity contribution >= 4 is 33.2 Å². The molecule has 110 valence electrons. The monoisotopic (exact) mass is 347 g/mol. The van der Waals surface area contributed by atoms with E-state index < -0.39 is 0 Å². The number of nitrogens with one attached hydrogen (secondary N) is 2. The number of carbonyl (C=O) groups excluding carboxylic acids is 1. The highest BCUT2D eigenvalue weighted by Gasteiger charge is 2.04. The lowest BCUT2D eigenvalue weighted by Gasteiger charge is -2.12. The second-order valence-corrected chi connectivity index (χ2v) is 5.55. The molecule has 1 aromatic heterocycles. The molecule has 0 aliphatic heterocycles. The fourth-order valence-electron chi connectivity index (χ4n) is 1.87. The van der Waals surface area contributed by atoms with E-state index in [1.165, 1.54) is 0 Å². The van der Waals surface area contributed by atoms with Crippen molar-refractivity contribution in [1.82, 2.24) is 4.98 Å². The van der Waals surface area contributed by atoms with Crippen LogP contribution in [0.1, 0.15) is 24.6 Å². The quantitative estimate of drug-likeness (QED) is 0.800. The Labute approximate surface area is 133 Å². The van der Waals surface area contributed by atoms with Gasteiger partial charge in [0.15, 0.2) is 0 Å². The van der Waals surface area contributed by atoms with Gasteiger partial charge >= 0.3 is 0 Å². The highest BCUT2D eigenvalue weighted by Crippen LogP contribution is 2.21. The van der Waals surface area contributed by atoms with Crippen molar-refractivity contribution in [2.45, 2.75) is 26.8 Å². The van der Waals surface area contributed by atoms with Crippen molar-refractivity contribution in [1.29, 1.82) is 0 Å². The molecule has 2 aromatic rings. The van der Waals surface area contributed by atoms with Crippen molar-refractivity contribution in [3.63, 3.8) is 0 Å². The van der Waals surface area contributed by atoms with Crippen LogP contribution in [0.4, 0.5) is 11.4 Å². The van der Waals surface area contributed by atoms with E-state index in [1.807, 2.05) is 50.2 Å². The number of aromatic nitrogens is 1. The minimum Gasteiger partial charge on any atom is -0.379 e. The maximum atomic E-state index is 11.4. The molecular formula is C16H18BrN3O. The van der Waals surface area contributed by atoms with Gasteiger partial charge in [-0.3, -0.25) is 4.79 Å². The lowest BCUT2D eigenvalue weighted by molar-refractivity contribution is -0.115. The number of hydrogen-bond acceptors (Lipinski definition) is 3. The molecule has 0 aliphatic rings. The molecule has 5 heteroatoms. The van der Waals surface area contributed by atoms with E-state index in [0.29, 0.717) is 13.0 Å². The first-order valence-corrected chi connectivity index (χ1v) is 7.63. The van der Waals surface area contributed by atoms with Gasteiger partial charge in [-0.2, -0.15) is 0 Å². The van der Waals surface area contributed by atoms with Gasteiger partial charge in [-0.05, 0) is 52.7 Å². The van der Waals surface area contributed by atoms with Gasteiger partial charge in [0.2, 0.25) is 5.91 Å². The first-order chi connectivity index (χ1) is 10.1. The molecule has 0 atom stereocenters. The molecule has 0 unspecified atom stereocenters. The summed E-state index contributed by atoms with van der Waals surface area (Å²) in [7, 11) is 0. The second kappa shape index (κ2) is 7.22. The molecule has 0 aliphatic carbocycles. The Kier molecular flexibility index (Phi) is 5.33. The van der Waals surface area contributed by atoms with Crippen LogP contribution >= 0.6 is 15.9 Å². The van der Waals surface area contributed by atoms with Gasteiger partial charge in [-0.1, -0.05) is 19.1 Å². The van der Waals surface area contributed by atoms with E-state index in [1.54, 1.807) is 0 Å². The summed E-state index contributed by atoms with van der Waals surface area (Å²) < 4.78 is 0.822. The van der Waals surface area contributed by atoms with Crippen molar-refractivity contribution in [3.05, 3.63) is 52.3 Å². The van der Waals surface area contributed by atoms with Gasteiger partial charge in [0.1, 0.15) is 4.60 Å². The largest absolute Gasteiger partial charge is 0.379 e. The number of amides is 1. The normalized spacial score (nSPS) is 10.2. The fourth-order valence-corrected chi connectivity index (χ4v) is 2.25. The van der Waals surface area contributed by atoms with E-state index in [9.17, 15) is 4.79 Å². The summed E-state index contributed by atoms with van der Waals surface area (Å²) in [6, 6.07) is 11.7. The molecule has 1 heterocycles. The number of carbonyl (C=O) groups is 1. The highest BCUT2D eigenvalue weighted by molar-refractivity contribution is 9.10. The van der Waals surface area contributed by atoms with E-state index in [-0.39, 0.29) is 5.91 Å². The van der Waals surface area contributed by atoms with E-state index >= 15 is 0 Å². The Morgan fingerprint density at radius 3 is 2.81 bits per heavy atom. The summed E-state index contributed by atoms with van der Waals surface area (Å²) in [5, 5.41) is 6.22. The Balaban J connectivity index is 2.08. The predicted molar refractivity (Wildman–Crippen MR) is 89.4 cm³/mol. The molecule has 0 bridgehead atoms. The lowest BCUT2D eigenvalue weighted by atomic mass is 10.1. The molecule has 1 aromatic carbocycles. The number of halogens is 1. The molecule has 0 radical (unpaired) electrons. The summed E-state index contributed by atoms with van der Waals surface area (Å²) in [4.78, 5) is 15.8. The maximum absolute atomic E-state index is 11.4. The van der Waals surface area contributed by atoms with Gasteiger partial charge in [-0.15, -0.1) is 0 Å². The van der Waals surface area contributed by atoms with Gasteiger partial charge < -0.3 is 10.6 Å². The molecule has 0 spiro atoms. The minimum absolute atomic E-state index is 0.0125. The topological polar surface area (TPSA) is 54.0 Å². The van der Waals surface area contributed by atoms with Crippen LogP contribution in [0.5, 0.6) is 0 Å².